The van der Waals surface area contributed by atoms with Crippen molar-refractivity contribution in [3.05, 3.63) is 41.5 Å². The second-order valence-corrected chi connectivity index (χ2v) is 15.7. The number of carbonyl (C=O) groups is 1. The summed E-state index contributed by atoms with van der Waals surface area (Å²) in [7, 11) is 0. The average molecular weight is 560 g/mol. The third kappa shape index (κ3) is 4.51. The van der Waals surface area contributed by atoms with Crippen LogP contribution in [0.15, 0.2) is 41.5 Å². The lowest BCUT2D eigenvalue weighted by atomic mass is 9.52. The van der Waals surface area contributed by atoms with E-state index in [1.165, 1.54) is 44.9 Å². The van der Waals surface area contributed by atoms with Crippen LogP contribution < -0.4 is 16.0 Å². The Labute approximate surface area is 248 Å². The van der Waals surface area contributed by atoms with Crippen LogP contribution >= 0.6 is 0 Å². The summed E-state index contributed by atoms with van der Waals surface area (Å²) in [5, 5.41) is 10.3. The highest BCUT2D eigenvalue weighted by Crippen LogP contribution is 2.65. The zero-order valence-electron chi connectivity index (χ0n) is 26.1. The Kier molecular flexibility index (Phi) is 6.90. The number of anilines is 1. The van der Waals surface area contributed by atoms with Gasteiger partial charge in [0.15, 0.2) is 0 Å². The predicted molar refractivity (Wildman–Crippen MR) is 166 cm³/mol. The van der Waals surface area contributed by atoms with Crippen LogP contribution in [0.25, 0.3) is 0 Å². The molecule has 41 heavy (non-hydrogen) atoms. The number of rotatable bonds is 2. The number of amides is 2. The van der Waals surface area contributed by atoms with E-state index in [0.717, 1.165) is 49.2 Å². The largest absolute Gasteiger partial charge is 0.369 e. The van der Waals surface area contributed by atoms with Crippen LogP contribution in [0.5, 0.6) is 0 Å². The molecule has 5 heteroatoms. The highest BCUT2D eigenvalue weighted by Gasteiger charge is 2.62. The van der Waals surface area contributed by atoms with Crippen LogP contribution in [0.2, 0.25) is 0 Å². The van der Waals surface area contributed by atoms with Gasteiger partial charge in [0.05, 0.1) is 11.7 Å². The van der Waals surface area contributed by atoms with Gasteiger partial charge in [0, 0.05) is 23.2 Å². The summed E-state index contributed by atoms with van der Waals surface area (Å²) in [6.45, 7) is 13.5. The minimum Gasteiger partial charge on any atom is -0.369 e. The molecule has 2 saturated heterocycles. The Balaban J connectivity index is 1.05. The molecule has 3 N–H and O–H groups in total. The lowest BCUT2D eigenvalue weighted by Crippen LogP contribution is -2.59. The fourth-order valence-electron chi connectivity index (χ4n) is 11.1. The number of piperidine rings is 1. The quantitative estimate of drug-likeness (QED) is 0.326. The van der Waals surface area contributed by atoms with Crippen molar-refractivity contribution in [2.45, 2.75) is 122 Å². The molecule has 5 fully saturated rings. The number of benzene rings is 1. The summed E-state index contributed by atoms with van der Waals surface area (Å²) in [4.78, 5) is 12.7. The summed E-state index contributed by atoms with van der Waals surface area (Å²) in [5.41, 5.74) is 4.84. The Hall–Kier alpha value is -1.85. The molecule has 4 aliphatic carbocycles. The van der Waals surface area contributed by atoms with Gasteiger partial charge in [-0.2, -0.15) is 0 Å². The van der Waals surface area contributed by atoms with Crippen LogP contribution in [0.3, 0.4) is 0 Å². The van der Waals surface area contributed by atoms with E-state index < -0.39 is 0 Å². The molecule has 6 aliphatic rings. The Bertz CT molecular complexity index is 1200. The maximum atomic E-state index is 12.7. The number of fused-ring (bicyclic) bond motifs is 6. The maximum Gasteiger partial charge on any atom is 0.319 e. The Morgan fingerprint density at radius 3 is 2.63 bits per heavy atom. The van der Waals surface area contributed by atoms with Crippen LogP contribution in [-0.2, 0) is 4.74 Å². The van der Waals surface area contributed by atoms with Gasteiger partial charge in [-0.05, 0) is 132 Å². The molecule has 5 nitrogen and oxygen atoms in total. The highest BCUT2D eigenvalue weighted by atomic mass is 16.5. The van der Waals surface area contributed by atoms with Gasteiger partial charge in [-0.1, -0.05) is 50.1 Å². The maximum absolute atomic E-state index is 12.7. The van der Waals surface area contributed by atoms with E-state index in [0.29, 0.717) is 29.3 Å². The monoisotopic (exact) mass is 559 g/mol. The van der Waals surface area contributed by atoms with Gasteiger partial charge in [0.1, 0.15) is 0 Å². The number of nitrogens with one attached hydrogen (secondary N) is 3. The number of ether oxygens (including phenoxy) is 1. The van der Waals surface area contributed by atoms with E-state index in [2.05, 4.69) is 50.6 Å². The van der Waals surface area contributed by atoms with E-state index in [1.54, 1.807) is 5.57 Å². The molecule has 3 saturated carbocycles. The smallest absolute Gasteiger partial charge is 0.319 e. The molecule has 11 atom stereocenters. The molecular weight excluding hydrogens is 506 g/mol. The molecule has 1 aromatic carbocycles. The van der Waals surface area contributed by atoms with Crippen molar-refractivity contribution in [2.24, 2.45) is 40.9 Å². The summed E-state index contributed by atoms with van der Waals surface area (Å²) in [6.07, 6.45) is 12.6. The molecule has 1 aromatic rings. The van der Waals surface area contributed by atoms with E-state index >= 15 is 0 Å². The van der Waals surface area contributed by atoms with Gasteiger partial charge in [0.25, 0.3) is 0 Å². The fraction of sp³-hybridized carbons (Fsp3) is 0.750. The standard InChI is InChI=1S/C36H53N3O2/c1-22-17-32-35(5,37-21-22)24(3)36(41-32)16-14-28-29-12-11-25-18-27(39-33(40)38-26-9-7-6-8-10-26)13-15-34(25,4)31(29)19-30(28)23(2)20-36/h6-10,22,24-25,27-29,31-32,37H,11-21H2,1-5H3,(H2,38,39,40)/t22-,24+,25+,27-,28-,29-,31-,32+,34-,35-,36-/m0/s1. The second kappa shape index (κ2) is 10.1. The first-order chi connectivity index (χ1) is 19.6. The lowest BCUT2D eigenvalue weighted by Gasteiger charge is -2.54. The van der Waals surface area contributed by atoms with E-state index in [4.69, 9.17) is 4.74 Å². The molecule has 0 radical (unpaired) electrons. The Morgan fingerprint density at radius 2 is 1.83 bits per heavy atom. The third-order valence-corrected chi connectivity index (χ3v) is 13.7. The zero-order valence-corrected chi connectivity index (χ0v) is 26.1. The van der Waals surface area contributed by atoms with E-state index in [-0.39, 0.29) is 23.2 Å². The predicted octanol–water partition coefficient (Wildman–Crippen LogP) is 7.69. The van der Waals surface area contributed by atoms with E-state index in [1.807, 2.05) is 35.9 Å². The molecule has 1 spiro atoms. The zero-order chi connectivity index (χ0) is 28.6. The van der Waals surface area contributed by atoms with E-state index in [9.17, 15) is 4.79 Å². The highest BCUT2D eigenvalue weighted by molar-refractivity contribution is 5.89. The molecule has 224 valence electrons. The summed E-state index contributed by atoms with van der Waals surface area (Å²) >= 11 is 0. The van der Waals surface area contributed by atoms with Gasteiger partial charge >= 0.3 is 6.03 Å². The number of hydrogen-bond donors (Lipinski definition) is 3. The molecule has 7 rings (SSSR count). The molecule has 2 amide bonds. The van der Waals surface area contributed by atoms with Crippen molar-refractivity contribution < 1.29 is 9.53 Å². The number of carbonyl (C=O) groups excluding carboxylic acids is 1. The van der Waals surface area contributed by atoms with Crippen molar-refractivity contribution in [1.82, 2.24) is 10.6 Å². The van der Waals surface area contributed by atoms with Gasteiger partial charge in [-0.25, -0.2) is 4.79 Å². The second-order valence-electron chi connectivity index (χ2n) is 15.7. The minimum absolute atomic E-state index is 0.00144. The SMILES string of the molecule is CC1=C2C[C@H]3[C@@H](CC[C@@H]4C[C@@H](NC(=O)Nc5ccccc5)CC[C@@]43C)[C@@H]2CC[C@@]2(C1)O[C@@H]1C[C@H](C)CN[C@@]1(C)[C@H]2C. The summed E-state index contributed by atoms with van der Waals surface area (Å²) in [6, 6.07) is 10.0. The normalized spacial score (nSPS) is 47.1. The van der Waals surface area contributed by atoms with Crippen molar-refractivity contribution in [3.63, 3.8) is 0 Å². The molecule has 2 heterocycles. The molecule has 0 bridgehead atoms. The van der Waals surface area contributed by atoms with Gasteiger partial charge < -0.3 is 20.7 Å². The van der Waals surface area contributed by atoms with Crippen molar-refractivity contribution in [1.29, 1.82) is 0 Å². The fourth-order valence-corrected chi connectivity index (χ4v) is 11.1. The third-order valence-electron chi connectivity index (χ3n) is 13.7. The van der Waals surface area contributed by atoms with Crippen LogP contribution in [0.1, 0.15) is 98.8 Å². The van der Waals surface area contributed by atoms with Crippen LogP contribution in [-0.4, -0.2) is 35.9 Å². The van der Waals surface area contributed by atoms with Gasteiger partial charge in [-0.3, -0.25) is 0 Å². The summed E-state index contributed by atoms with van der Waals surface area (Å²) in [5.74, 6) is 4.32. The topological polar surface area (TPSA) is 62.4 Å². The first kappa shape index (κ1) is 28.0. The number of urea groups is 1. The van der Waals surface area contributed by atoms with Crippen molar-refractivity contribution >= 4 is 11.7 Å². The van der Waals surface area contributed by atoms with Gasteiger partial charge in [0.2, 0.25) is 0 Å². The molecule has 0 unspecified atom stereocenters. The number of hydrogen-bond acceptors (Lipinski definition) is 3. The van der Waals surface area contributed by atoms with Gasteiger partial charge in [-0.15, -0.1) is 0 Å². The Morgan fingerprint density at radius 1 is 1.02 bits per heavy atom. The number of para-hydroxylation sites is 1. The van der Waals surface area contributed by atoms with Crippen LogP contribution in [0.4, 0.5) is 10.5 Å². The van der Waals surface area contributed by atoms with Crippen LogP contribution in [0, 0.1) is 40.9 Å². The first-order valence-corrected chi connectivity index (χ1v) is 16.9. The summed E-state index contributed by atoms with van der Waals surface area (Å²) < 4.78 is 7.18. The molecular formula is C36H53N3O2. The molecule has 2 aliphatic heterocycles. The lowest BCUT2D eigenvalue weighted by molar-refractivity contribution is -0.0775. The van der Waals surface area contributed by atoms with Crippen molar-refractivity contribution in [3.8, 4) is 0 Å². The van der Waals surface area contributed by atoms with Crippen molar-refractivity contribution in [2.75, 3.05) is 11.9 Å². The number of allylic oxidation sites excluding steroid dienone is 1. The molecule has 0 aromatic heterocycles. The average Bonchev–Trinajstić information content (AvgIpc) is 3.37. The first-order valence-electron chi connectivity index (χ1n) is 16.9. The minimum atomic E-state index is -0.0574.